The van der Waals surface area contributed by atoms with Crippen LogP contribution in [-0.4, -0.2) is 9.85 Å². The highest BCUT2D eigenvalue weighted by atomic mass is 79.9. The van der Waals surface area contributed by atoms with Gasteiger partial charge in [0.15, 0.2) is 0 Å². The van der Waals surface area contributed by atoms with E-state index in [2.05, 4.69) is 15.9 Å². The molecule has 8 nitrogen and oxygen atoms in total. The van der Waals surface area contributed by atoms with Crippen LogP contribution >= 0.6 is 15.9 Å². The van der Waals surface area contributed by atoms with Crippen LogP contribution in [0.4, 0.5) is 17.1 Å². The minimum absolute atomic E-state index is 0.0537. The number of nitrogens with two attached hydrogens (primary N) is 1. The first-order valence-electron chi connectivity index (χ1n) is 5.53. The molecule has 2 aromatic carbocycles. The molecule has 0 spiro atoms. The maximum absolute atomic E-state index is 10.8. The van der Waals surface area contributed by atoms with Crippen LogP contribution in [0.15, 0.2) is 40.9 Å². The molecule has 9 heteroatoms. The van der Waals surface area contributed by atoms with Gasteiger partial charge in [-0.15, -0.1) is 0 Å². The quantitative estimate of drug-likeness (QED) is 0.508. The number of nitrogen functional groups attached to an aromatic ring is 1. The van der Waals surface area contributed by atoms with E-state index in [1.807, 2.05) is 0 Å². The SMILES string of the molecule is Nc1cc(Oc2cc(Br)cc([N+](=O)[O-])c2)ccc1[N+](=O)[O-]. The molecule has 0 heterocycles. The highest BCUT2D eigenvalue weighted by Crippen LogP contribution is 2.32. The maximum atomic E-state index is 10.8. The standard InChI is InChI=1S/C12H8BrN3O5/c13-7-3-8(15(17)18)5-10(4-7)21-9-1-2-12(16(19)20)11(14)6-9/h1-6H,14H2. The summed E-state index contributed by atoms with van der Waals surface area (Å²) in [4.78, 5) is 20.3. The van der Waals surface area contributed by atoms with Gasteiger partial charge in [-0.05, 0) is 12.1 Å². The molecule has 2 aromatic rings. The molecule has 0 fully saturated rings. The molecule has 0 aliphatic rings. The number of hydrogen-bond acceptors (Lipinski definition) is 6. The molecule has 0 saturated heterocycles. The van der Waals surface area contributed by atoms with Gasteiger partial charge in [-0.25, -0.2) is 0 Å². The van der Waals surface area contributed by atoms with Gasteiger partial charge in [0, 0.05) is 22.7 Å². The summed E-state index contributed by atoms with van der Waals surface area (Å²) in [5, 5.41) is 21.4. The summed E-state index contributed by atoms with van der Waals surface area (Å²) in [6, 6.07) is 7.95. The lowest BCUT2D eigenvalue weighted by molar-refractivity contribution is -0.385. The van der Waals surface area contributed by atoms with Gasteiger partial charge in [-0.3, -0.25) is 20.2 Å². The summed E-state index contributed by atoms with van der Waals surface area (Å²) < 4.78 is 5.90. The van der Waals surface area contributed by atoms with Crippen molar-refractivity contribution in [2.24, 2.45) is 0 Å². The first-order chi connectivity index (χ1) is 9.86. The Morgan fingerprint density at radius 2 is 1.71 bits per heavy atom. The van der Waals surface area contributed by atoms with E-state index in [1.165, 1.54) is 36.4 Å². The minimum Gasteiger partial charge on any atom is -0.457 e. The summed E-state index contributed by atoms with van der Waals surface area (Å²) >= 11 is 3.14. The van der Waals surface area contributed by atoms with Crippen LogP contribution in [-0.2, 0) is 0 Å². The maximum Gasteiger partial charge on any atom is 0.292 e. The molecular weight excluding hydrogens is 346 g/mol. The number of benzene rings is 2. The zero-order valence-corrected chi connectivity index (χ0v) is 11.9. The van der Waals surface area contributed by atoms with Crippen molar-refractivity contribution in [2.45, 2.75) is 0 Å². The second-order valence-corrected chi connectivity index (χ2v) is 4.90. The number of hydrogen-bond donors (Lipinski definition) is 1. The van der Waals surface area contributed by atoms with Crippen LogP contribution in [0.2, 0.25) is 0 Å². The average Bonchev–Trinajstić information content (AvgIpc) is 2.37. The van der Waals surface area contributed by atoms with Gasteiger partial charge in [0.05, 0.1) is 15.9 Å². The molecule has 0 unspecified atom stereocenters. The predicted octanol–water partition coefficient (Wildman–Crippen LogP) is 3.64. The van der Waals surface area contributed by atoms with Gasteiger partial charge in [-0.2, -0.15) is 0 Å². The lowest BCUT2D eigenvalue weighted by Gasteiger charge is -2.07. The van der Waals surface area contributed by atoms with Crippen molar-refractivity contribution in [1.29, 1.82) is 0 Å². The monoisotopic (exact) mass is 353 g/mol. The van der Waals surface area contributed by atoms with E-state index in [1.54, 1.807) is 0 Å². The highest BCUT2D eigenvalue weighted by Gasteiger charge is 2.14. The van der Waals surface area contributed by atoms with Crippen LogP contribution in [0.1, 0.15) is 0 Å². The second-order valence-electron chi connectivity index (χ2n) is 3.98. The van der Waals surface area contributed by atoms with Gasteiger partial charge in [0.25, 0.3) is 11.4 Å². The number of nitro groups is 2. The number of ether oxygens (including phenoxy) is 1. The number of nitrogens with zero attached hydrogens (tertiary/aromatic N) is 2. The topological polar surface area (TPSA) is 122 Å². The second kappa shape index (κ2) is 5.75. The fourth-order valence-electron chi connectivity index (χ4n) is 1.61. The fraction of sp³-hybridized carbons (Fsp3) is 0. The molecule has 0 aliphatic carbocycles. The van der Waals surface area contributed by atoms with Crippen molar-refractivity contribution in [1.82, 2.24) is 0 Å². The van der Waals surface area contributed by atoms with Gasteiger partial charge >= 0.3 is 0 Å². The highest BCUT2D eigenvalue weighted by molar-refractivity contribution is 9.10. The minimum atomic E-state index is -0.608. The predicted molar refractivity (Wildman–Crippen MR) is 78.4 cm³/mol. The summed E-state index contributed by atoms with van der Waals surface area (Å²) in [6.07, 6.45) is 0. The molecule has 0 saturated carbocycles. The first-order valence-corrected chi connectivity index (χ1v) is 6.33. The zero-order chi connectivity index (χ0) is 15.6. The number of halogens is 1. The van der Waals surface area contributed by atoms with Crippen molar-refractivity contribution >= 4 is 33.0 Å². The van der Waals surface area contributed by atoms with E-state index in [0.717, 1.165) is 0 Å². The Kier molecular flexibility index (Phi) is 4.03. The molecular formula is C12H8BrN3O5. The Morgan fingerprint density at radius 1 is 1.00 bits per heavy atom. The molecule has 0 aromatic heterocycles. The van der Waals surface area contributed by atoms with Crippen LogP contribution < -0.4 is 10.5 Å². The van der Waals surface area contributed by atoms with Crippen molar-refractivity contribution in [3.63, 3.8) is 0 Å². The Balaban J connectivity index is 2.32. The van der Waals surface area contributed by atoms with E-state index in [4.69, 9.17) is 10.5 Å². The first kappa shape index (κ1) is 14.7. The number of non-ortho nitro benzene ring substituents is 1. The van der Waals surface area contributed by atoms with Crippen molar-refractivity contribution in [3.05, 3.63) is 61.1 Å². The number of rotatable bonds is 4. The van der Waals surface area contributed by atoms with Crippen LogP contribution in [0.3, 0.4) is 0 Å². The molecule has 0 amide bonds. The van der Waals surface area contributed by atoms with E-state index in [9.17, 15) is 20.2 Å². The summed E-state index contributed by atoms with van der Waals surface area (Å²) in [5.41, 5.74) is 5.11. The third kappa shape index (κ3) is 3.45. The van der Waals surface area contributed by atoms with Crippen molar-refractivity contribution < 1.29 is 14.6 Å². The molecule has 0 atom stereocenters. The molecule has 0 bridgehead atoms. The van der Waals surface area contributed by atoms with Crippen LogP contribution in [0.25, 0.3) is 0 Å². The largest absolute Gasteiger partial charge is 0.457 e. The molecule has 2 rings (SSSR count). The average molecular weight is 354 g/mol. The third-order valence-electron chi connectivity index (χ3n) is 2.50. The molecule has 2 N–H and O–H groups in total. The fourth-order valence-corrected chi connectivity index (χ4v) is 2.07. The van der Waals surface area contributed by atoms with Gasteiger partial charge < -0.3 is 10.5 Å². The lowest BCUT2D eigenvalue weighted by Crippen LogP contribution is -1.96. The molecule has 21 heavy (non-hydrogen) atoms. The number of anilines is 1. The smallest absolute Gasteiger partial charge is 0.292 e. The third-order valence-corrected chi connectivity index (χ3v) is 2.96. The van der Waals surface area contributed by atoms with Crippen LogP contribution in [0.5, 0.6) is 11.5 Å². The Bertz CT molecular complexity index is 735. The van der Waals surface area contributed by atoms with Gasteiger partial charge in [0.1, 0.15) is 17.2 Å². The van der Waals surface area contributed by atoms with E-state index < -0.39 is 9.85 Å². The van der Waals surface area contributed by atoms with Crippen molar-refractivity contribution in [2.75, 3.05) is 5.73 Å². The Hall–Kier alpha value is -2.68. The number of nitro benzene ring substituents is 2. The van der Waals surface area contributed by atoms with Crippen molar-refractivity contribution in [3.8, 4) is 11.5 Å². The molecule has 0 radical (unpaired) electrons. The van der Waals surface area contributed by atoms with E-state index >= 15 is 0 Å². The summed E-state index contributed by atoms with van der Waals surface area (Å²) in [5.74, 6) is 0.454. The van der Waals surface area contributed by atoms with Gasteiger partial charge in [-0.1, -0.05) is 15.9 Å². The van der Waals surface area contributed by atoms with E-state index in [0.29, 0.717) is 4.47 Å². The summed E-state index contributed by atoms with van der Waals surface area (Å²) in [7, 11) is 0. The Morgan fingerprint density at radius 3 is 2.29 bits per heavy atom. The Labute approximate surface area is 126 Å². The van der Waals surface area contributed by atoms with Gasteiger partial charge in [0.2, 0.25) is 0 Å². The summed E-state index contributed by atoms with van der Waals surface area (Å²) in [6.45, 7) is 0. The molecule has 0 aliphatic heterocycles. The van der Waals surface area contributed by atoms with E-state index in [-0.39, 0.29) is 28.6 Å². The molecule has 108 valence electrons. The zero-order valence-electron chi connectivity index (χ0n) is 10.4. The normalized spacial score (nSPS) is 10.1. The van der Waals surface area contributed by atoms with Crippen LogP contribution in [0, 0.1) is 20.2 Å². The lowest BCUT2D eigenvalue weighted by atomic mass is 10.2.